The molecule has 15 heavy (non-hydrogen) atoms. The Morgan fingerprint density at radius 2 is 2.00 bits per heavy atom. The highest BCUT2D eigenvalue weighted by Crippen LogP contribution is 2.23. The zero-order chi connectivity index (χ0) is 11.5. The Kier molecular flexibility index (Phi) is 3.99. The van der Waals surface area contributed by atoms with Crippen molar-refractivity contribution >= 4 is 11.6 Å². The van der Waals surface area contributed by atoms with E-state index in [1.54, 1.807) is 24.3 Å². The number of rotatable bonds is 3. The number of benzene rings is 1. The lowest BCUT2D eigenvalue weighted by Crippen LogP contribution is -2.28. The van der Waals surface area contributed by atoms with E-state index in [1.807, 2.05) is 0 Å². The number of alkyl halides is 3. The number of aryl methyl sites for hydroxylation is 1. The van der Waals surface area contributed by atoms with Gasteiger partial charge in [-0.05, 0) is 30.5 Å². The molecule has 0 aliphatic carbocycles. The molecule has 1 N–H and O–H groups in total. The standard InChI is InChI=1S/C10H10ClF3O/c11-8-3-1-2-7(6-8)4-5-9(15)10(12,13)14/h1-3,6,9,15H,4-5H2. The molecule has 0 bridgehead atoms. The van der Waals surface area contributed by atoms with Crippen LogP contribution in [0.25, 0.3) is 0 Å². The molecule has 0 saturated heterocycles. The summed E-state index contributed by atoms with van der Waals surface area (Å²) in [5.41, 5.74) is 0.686. The Morgan fingerprint density at radius 3 is 2.53 bits per heavy atom. The van der Waals surface area contributed by atoms with Gasteiger partial charge in [0.2, 0.25) is 0 Å². The first-order valence-corrected chi connectivity index (χ1v) is 4.76. The predicted octanol–water partition coefficient (Wildman–Crippen LogP) is 3.20. The highest BCUT2D eigenvalue weighted by atomic mass is 35.5. The fourth-order valence-corrected chi connectivity index (χ4v) is 1.37. The molecule has 1 nitrogen and oxygen atoms in total. The molecule has 1 aromatic rings. The van der Waals surface area contributed by atoms with Crippen molar-refractivity contribution in [1.29, 1.82) is 0 Å². The SMILES string of the molecule is OC(CCc1cccc(Cl)c1)C(F)(F)F. The van der Waals surface area contributed by atoms with Gasteiger partial charge in [0.05, 0.1) is 0 Å². The number of hydrogen-bond donors (Lipinski definition) is 1. The van der Waals surface area contributed by atoms with E-state index >= 15 is 0 Å². The van der Waals surface area contributed by atoms with Gasteiger partial charge in [-0.2, -0.15) is 13.2 Å². The predicted molar refractivity (Wildman–Crippen MR) is 51.8 cm³/mol. The summed E-state index contributed by atoms with van der Waals surface area (Å²) in [6.45, 7) is 0. The molecule has 0 saturated carbocycles. The van der Waals surface area contributed by atoms with Gasteiger partial charge in [-0.3, -0.25) is 0 Å². The van der Waals surface area contributed by atoms with E-state index in [4.69, 9.17) is 16.7 Å². The highest BCUT2D eigenvalue weighted by Gasteiger charge is 2.37. The number of aliphatic hydroxyl groups is 1. The van der Waals surface area contributed by atoms with Crippen molar-refractivity contribution in [3.8, 4) is 0 Å². The molecule has 0 heterocycles. The molecule has 1 aromatic carbocycles. The normalized spacial score (nSPS) is 13.9. The average Bonchev–Trinajstić information content (AvgIpc) is 2.12. The summed E-state index contributed by atoms with van der Waals surface area (Å²) in [5, 5.41) is 9.24. The van der Waals surface area contributed by atoms with Crippen molar-refractivity contribution in [2.24, 2.45) is 0 Å². The molecular formula is C10H10ClF3O. The first-order valence-electron chi connectivity index (χ1n) is 4.39. The van der Waals surface area contributed by atoms with Gasteiger partial charge in [-0.15, -0.1) is 0 Å². The van der Waals surface area contributed by atoms with E-state index in [0.29, 0.717) is 10.6 Å². The van der Waals surface area contributed by atoms with Crippen molar-refractivity contribution in [2.75, 3.05) is 0 Å². The summed E-state index contributed by atoms with van der Waals surface area (Å²) in [4.78, 5) is 0. The Labute approximate surface area is 90.5 Å². The van der Waals surface area contributed by atoms with Crippen LogP contribution in [0.5, 0.6) is 0 Å². The van der Waals surface area contributed by atoms with Crippen molar-refractivity contribution < 1.29 is 18.3 Å². The van der Waals surface area contributed by atoms with Crippen LogP contribution in [0, 0.1) is 0 Å². The van der Waals surface area contributed by atoms with Crippen LogP contribution >= 0.6 is 11.6 Å². The summed E-state index contributed by atoms with van der Waals surface area (Å²) in [6.07, 6.45) is -7.00. The molecule has 0 spiro atoms. The number of aliphatic hydroxyl groups excluding tert-OH is 1. The van der Waals surface area contributed by atoms with E-state index in [0.717, 1.165) is 0 Å². The first kappa shape index (κ1) is 12.3. The van der Waals surface area contributed by atoms with Crippen LogP contribution in [0.2, 0.25) is 5.02 Å². The minimum atomic E-state index is -4.54. The largest absolute Gasteiger partial charge is 0.414 e. The maximum atomic E-state index is 12.0. The topological polar surface area (TPSA) is 20.2 Å². The Bertz CT molecular complexity index is 325. The fraction of sp³-hybridized carbons (Fsp3) is 0.400. The van der Waals surface area contributed by atoms with Crippen LogP contribution in [0.1, 0.15) is 12.0 Å². The van der Waals surface area contributed by atoms with Gasteiger partial charge in [0.15, 0.2) is 0 Å². The molecular weight excluding hydrogens is 229 g/mol. The van der Waals surface area contributed by atoms with E-state index in [1.165, 1.54) is 0 Å². The van der Waals surface area contributed by atoms with Crippen LogP contribution < -0.4 is 0 Å². The molecule has 0 fully saturated rings. The molecule has 0 aliphatic heterocycles. The zero-order valence-electron chi connectivity index (χ0n) is 7.76. The van der Waals surface area contributed by atoms with Crippen molar-refractivity contribution in [3.05, 3.63) is 34.9 Å². The summed E-state index contributed by atoms with van der Waals surface area (Å²) in [6, 6.07) is 6.57. The number of halogens is 4. The second kappa shape index (κ2) is 4.86. The Balaban J connectivity index is 2.51. The highest BCUT2D eigenvalue weighted by molar-refractivity contribution is 6.30. The van der Waals surface area contributed by atoms with Crippen LogP contribution in [0.15, 0.2) is 24.3 Å². The molecule has 5 heteroatoms. The van der Waals surface area contributed by atoms with Crippen LogP contribution in [-0.4, -0.2) is 17.4 Å². The van der Waals surface area contributed by atoms with Crippen LogP contribution in [-0.2, 0) is 6.42 Å². The molecule has 1 rings (SSSR count). The lowest BCUT2D eigenvalue weighted by atomic mass is 10.1. The molecule has 84 valence electrons. The lowest BCUT2D eigenvalue weighted by Gasteiger charge is -2.13. The molecule has 0 radical (unpaired) electrons. The summed E-state index contributed by atoms with van der Waals surface area (Å²) in [7, 11) is 0. The fourth-order valence-electron chi connectivity index (χ4n) is 1.16. The third-order valence-electron chi connectivity index (χ3n) is 1.97. The zero-order valence-corrected chi connectivity index (χ0v) is 8.52. The molecule has 0 amide bonds. The smallest absolute Gasteiger partial charge is 0.384 e. The van der Waals surface area contributed by atoms with E-state index < -0.39 is 12.3 Å². The molecule has 0 aromatic heterocycles. The van der Waals surface area contributed by atoms with E-state index in [2.05, 4.69) is 0 Å². The molecule has 0 aliphatic rings. The summed E-state index contributed by atoms with van der Waals surface area (Å²) in [5.74, 6) is 0. The lowest BCUT2D eigenvalue weighted by molar-refractivity contribution is -0.205. The Morgan fingerprint density at radius 1 is 1.33 bits per heavy atom. The monoisotopic (exact) mass is 238 g/mol. The van der Waals surface area contributed by atoms with Gasteiger partial charge in [-0.1, -0.05) is 23.7 Å². The van der Waals surface area contributed by atoms with Gasteiger partial charge >= 0.3 is 6.18 Å². The van der Waals surface area contributed by atoms with Gasteiger partial charge in [-0.25, -0.2) is 0 Å². The van der Waals surface area contributed by atoms with Crippen molar-refractivity contribution in [1.82, 2.24) is 0 Å². The summed E-state index contributed by atoms with van der Waals surface area (Å²) < 4.78 is 35.9. The van der Waals surface area contributed by atoms with Crippen LogP contribution in [0.4, 0.5) is 13.2 Å². The maximum absolute atomic E-state index is 12.0. The van der Waals surface area contributed by atoms with E-state index in [9.17, 15) is 13.2 Å². The van der Waals surface area contributed by atoms with Gasteiger partial charge in [0.25, 0.3) is 0 Å². The molecule has 1 atom stereocenters. The van der Waals surface area contributed by atoms with Crippen molar-refractivity contribution in [3.63, 3.8) is 0 Å². The molecule has 1 unspecified atom stereocenters. The number of hydrogen-bond acceptors (Lipinski definition) is 1. The second-order valence-electron chi connectivity index (χ2n) is 3.23. The quantitative estimate of drug-likeness (QED) is 0.858. The average molecular weight is 239 g/mol. The third kappa shape index (κ3) is 4.10. The maximum Gasteiger partial charge on any atom is 0.414 e. The van der Waals surface area contributed by atoms with Crippen molar-refractivity contribution in [2.45, 2.75) is 25.1 Å². The minimum absolute atomic E-state index is 0.154. The van der Waals surface area contributed by atoms with Gasteiger partial charge in [0.1, 0.15) is 6.10 Å². The Hall–Kier alpha value is -0.740. The van der Waals surface area contributed by atoms with Gasteiger partial charge < -0.3 is 5.11 Å². The van der Waals surface area contributed by atoms with Crippen LogP contribution in [0.3, 0.4) is 0 Å². The van der Waals surface area contributed by atoms with Gasteiger partial charge in [0, 0.05) is 5.02 Å². The second-order valence-corrected chi connectivity index (χ2v) is 3.66. The van der Waals surface area contributed by atoms with E-state index in [-0.39, 0.29) is 12.8 Å². The summed E-state index contributed by atoms with van der Waals surface area (Å²) >= 11 is 5.67. The minimum Gasteiger partial charge on any atom is -0.384 e. The first-order chi connectivity index (χ1) is 6.89. The third-order valence-corrected chi connectivity index (χ3v) is 2.21.